The molecule has 0 aliphatic carbocycles. The Morgan fingerprint density at radius 1 is 0.667 bits per heavy atom. The van der Waals surface area contributed by atoms with Crippen molar-refractivity contribution in [2.24, 2.45) is 5.90 Å². The normalized spacial score (nSPS) is 12.9. The fourth-order valence-electron chi connectivity index (χ4n) is 2.74. The Kier molecular flexibility index (Phi) is 15.5. The first-order valence-corrected chi connectivity index (χ1v) is 10.2. The third kappa shape index (κ3) is 16.4. The van der Waals surface area contributed by atoms with Crippen molar-refractivity contribution in [1.29, 1.82) is 0 Å². The Hall–Kier alpha value is -0.280. The van der Waals surface area contributed by atoms with Crippen LogP contribution in [-0.2, 0) is 23.8 Å². The Morgan fingerprint density at radius 2 is 1.11 bits per heavy atom. The van der Waals surface area contributed by atoms with E-state index in [0.717, 1.165) is 45.7 Å². The highest BCUT2D eigenvalue weighted by molar-refractivity contribution is 4.75. The molecule has 7 nitrogen and oxygen atoms in total. The molecule has 0 unspecified atom stereocenters. The minimum Gasteiger partial charge on any atom is -0.378 e. The SMILES string of the molecule is CCOC(C)(C)CCN(CCOCCOCCON)CCC(C)(C)OCC. The van der Waals surface area contributed by atoms with Gasteiger partial charge in [-0.25, -0.2) is 5.90 Å². The number of ether oxygens (including phenoxy) is 4. The molecule has 0 heterocycles. The van der Waals surface area contributed by atoms with Gasteiger partial charge in [-0.15, -0.1) is 0 Å². The number of rotatable bonds is 19. The third-order valence-electron chi connectivity index (χ3n) is 4.40. The lowest BCUT2D eigenvalue weighted by atomic mass is 10.0. The van der Waals surface area contributed by atoms with Gasteiger partial charge in [0.2, 0.25) is 0 Å². The van der Waals surface area contributed by atoms with Crippen LogP contribution in [0.3, 0.4) is 0 Å². The molecule has 2 N–H and O–H groups in total. The highest BCUT2D eigenvalue weighted by atomic mass is 16.6. The van der Waals surface area contributed by atoms with Gasteiger partial charge in [0.1, 0.15) is 0 Å². The first kappa shape index (κ1) is 26.7. The molecule has 27 heavy (non-hydrogen) atoms. The molecular weight excluding hydrogens is 348 g/mol. The first-order valence-electron chi connectivity index (χ1n) is 10.2. The van der Waals surface area contributed by atoms with Gasteiger partial charge < -0.3 is 28.7 Å². The van der Waals surface area contributed by atoms with Gasteiger partial charge in [0.25, 0.3) is 0 Å². The topological polar surface area (TPSA) is 75.4 Å². The maximum Gasteiger partial charge on any atom is 0.0913 e. The van der Waals surface area contributed by atoms with E-state index in [4.69, 9.17) is 24.8 Å². The molecular formula is C20H44N2O5. The van der Waals surface area contributed by atoms with E-state index in [1.807, 2.05) is 13.8 Å². The van der Waals surface area contributed by atoms with Gasteiger partial charge in [0.05, 0.1) is 44.2 Å². The van der Waals surface area contributed by atoms with Crippen LogP contribution in [0.15, 0.2) is 0 Å². The fraction of sp³-hybridized carbons (Fsp3) is 1.00. The fourth-order valence-corrected chi connectivity index (χ4v) is 2.74. The Bertz CT molecular complexity index is 318. The molecule has 0 aromatic heterocycles. The van der Waals surface area contributed by atoms with Gasteiger partial charge in [0, 0.05) is 32.8 Å². The van der Waals surface area contributed by atoms with Gasteiger partial charge in [-0.1, -0.05) is 0 Å². The Labute approximate surface area is 166 Å². The van der Waals surface area contributed by atoms with E-state index in [0.29, 0.717) is 33.0 Å². The van der Waals surface area contributed by atoms with Crippen LogP contribution in [0.1, 0.15) is 54.4 Å². The summed E-state index contributed by atoms with van der Waals surface area (Å²) in [5.74, 6) is 4.95. The Morgan fingerprint density at radius 3 is 1.56 bits per heavy atom. The van der Waals surface area contributed by atoms with Crippen molar-refractivity contribution in [2.45, 2.75) is 65.6 Å². The second-order valence-corrected chi connectivity index (χ2v) is 7.82. The zero-order valence-electron chi connectivity index (χ0n) is 18.6. The van der Waals surface area contributed by atoms with Crippen molar-refractivity contribution in [3.8, 4) is 0 Å². The zero-order valence-corrected chi connectivity index (χ0v) is 18.6. The lowest BCUT2D eigenvalue weighted by Crippen LogP contribution is -2.38. The van der Waals surface area contributed by atoms with E-state index in [1.54, 1.807) is 0 Å². The van der Waals surface area contributed by atoms with E-state index in [9.17, 15) is 0 Å². The summed E-state index contributed by atoms with van der Waals surface area (Å²) >= 11 is 0. The van der Waals surface area contributed by atoms with Crippen molar-refractivity contribution in [2.75, 3.05) is 65.9 Å². The van der Waals surface area contributed by atoms with E-state index < -0.39 is 0 Å². The molecule has 0 amide bonds. The van der Waals surface area contributed by atoms with Crippen LogP contribution < -0.4 is 5.90 Å². The molecule has 0 saturated heterocycles. The van der Waals surface area contributed by atoms with Crippen LogP contribution in [0.25, 0.3) is 0 Å². The van der Waals surface area contributed by atoms with Crippen LogP contribution in [-0.4, -0.2) is 82.0 Å². The molecule has 0 aliphatic rings. The molecule has 0 radical (unpaired) electrons. The molecule has 0 spiro atoms. The highest BCUT2D eigenvalue weighted by Crippen LogP contribution is 2.18. The van der Waals surface area contributed by atoms with Crippen molar-refractivity contribution < 1.29 is 23.8 Å². The Balaban J connectivity index is 4.26. The van der Waals surface area contributed by atoms with Crippen LogP contribution in [0, 0.1) is 0 Å². The number of nitrogens with zero attached hydrogens (tertiary/aromatic N) is 1. The van der Waals surface area contributed by atoms with Crippen LogP contribution in [0.4, 0.5) is 0 Å². The highest BCUT2D eigenvalue weighted by Gasteiger charge is 2.22. The molecule has 0 aromatic rings. The standard InChI is InChI=1S/C20H44N2O5/c1-7-25-19(3,4)9-11-22(12-10-20(5,6)26-8-2)13-14-23-15-16-24-17-18-27-21/h7-18,21H2,1-6H3. The number of hydrogen-bond acceptors (Lipinski definition) is 7. The van der Waals surface area contributed by atoms with Gasteiger partial charge >= 0.3 is 0 Å². The first-order chi connectivity index (χ1) is 12.8. The van der Waals surface area contributed by atoms with E-state index >= 15 is 0 Å². The number of hydrogen-bond donors (Lipinski definition) is 1. The molecule has 0 fully saturated rings. The second kappa shape index (κ2) is 15.6. The molecule has 7 heteroatoms. The average Bonchev–Trinajstić information content (AvgIpc) is 2.58. The zero-order chi connectivity index (χ0) is 20.6. The predicted molar refractivity (Wildman–Crippen MR) is 109 cm³/mol. The summed E-state index contributed by atoms with van der Waals surface area (Å²) in [7, 11) is 0. The van der Waals surface area contributed by atoms with Crippen LogP contribution in [0.2, 0.25) is 0 Å². The maximum absolute atomic E-state index is 5.84. The summed E-state index contributed by atoms with van der Waals surface area (Å²) in [5.41, 5.74) is -0.218. The molecule has 0 saturated carbocycles. The molecule has 0 bridgehead atoms. The second-order valence-electron chi connectivity index (χ2n) is 7.82. The number of nitrogens with two attached hydrogens (primary N) is 1. The minimum atomic E-state index is -0.109. The molecule has 0 atom stereocenters. The van der Waals surface area contributed by atoms with Crippen LogP contribution in [0.5, 0.6) is 0 Å². The van der Waals surface area contributed by atoms with Gasteiger partial charge in [0.15, 0.2) is 0 Å². The van der Waals surface area contributed by atoms with Crippen molar-refractivity contribution in [3.63, 3.8) is 0 Å². The largest absolute Gasteiger partial charge is 0.378 e. The summed E-state index contributed by atoms with van der Waals surface area (Å²) in [6, 6.07) is 0. The van der Waals surface area contributed by atoms with Crippen molar-refractivity contribution in [1.82, 2.24) is 4.90 Å². The van der Waals surface area contributed by atoms with Gasteiger partial charge in [-0.3, -0.25) is 0 Å². The third-order valence-corrected chi connectivity index (χ3v) is 4.40. The monoisotopic (exact) mass is 392 g/mol. The lowest BCUT2D eigenvalue weighted by Gasteiger charge is -2.32. The molecule has 0 aromatic carbocycles. The van der Waals surface area contributed by atoms with Crippen molar-refractivity contribution in [3.05, 3.63) is 0 Å². The maximum atomic E-state index is 5.84. The summed E-state index contributed by atoms with van der Waals surface area (Å²) in [6.07, 6.45) is 1.97. The van der Waals surface area contributed by atoms with Gasteiger partial charge in [-0.2, -0.15) is 0 Å². The summed E-state index contributed by atoms with van der Waals surface area (Å²) in [5, 5.41) is 0. The molecule has 0 aliphatic heterocycles. The minimum absolute atomic E-state index is 0.109. The van der Waals surface area contributed by atoms with Crippen molar-refractivity contribution >= 4 is 0 Å². The predicted octanol–water partition coefficient (Wildman–Crippen LogP) is 2.62. The lowest BCUT2D eigenvalue weighted by molar-refractivity contribution is -0.0356. The van der Waals surface area contributed by atoms with E-state index in [2.05, 4.69) is 37.4 Å². The quantitative estimate of drug-likeness (QED) is 0.267. The van der Waals surface area contributed by atoms with E-state index in [-0.39, 0.29) is 11.2 Å². The van der Waals surface area contributed by atoms with Gasteiger partial charge in [-0.05, 0) is 54.4 Å². The summed E-state index contributed by atoms with van der Waals surface area (Å²) in [6.45, 7) is 19.7. The van der Waals surface area contributed by atoms with Crippen LogP contribution >= 0.6 is 0 Å². The summed E-state index contributed by atoms with van der Waals surface area (Å²) in [4.78, 5) is 6.89. The van der Waals surface area contributed by atoms with E-state index in [1.165, 1.54) is 0 Å². The molecule has 164 valence electrons. The summed E-state index contributed by atoms with van der Waals surface area (Å²) < 4.78 is 22.7. The molecule has 0 rings (SSSR count). The average molecular weight is 393 g/mol. The smallest absolute Gasteiger partial charge is 0.0913 e.